The summed E-state index contributed by atoms with van der Waals surface area (Å²) in [6.07, 6.45) is 9.93. The molecule has 8 heteroatoms. The number of dihydropyridines is 1. The number of aryl methyl sites for hydroxylation is 1. The van der Waals surface area contributed by atoms with Crippen LogP contribution in [-0.2, 0) is 30.8 Å². The van der Waals surface area contributed by atoms with Gasteiger partial charge in [0, 0.05) is 40.2 Å². The molecule has 3 aliphatic heterocycles. The zero-order valence-corrected chi connectivity index (χ0v) is 28.0. The zero-order chi connectivity index (χ0) is 33.9. The first-order valence-electron chi connectivity index (χ1n) is 17.4. The fraction of sp³-hybridized carbons (Fsp3) is 0.366. The van der Waals surface area contributed by atoms with Crippen LogP contribution in [0.15, 0.2) is 84.2 Å². The maximum Gasteiger partial charge on any atom is 0.161 e. The lowest BCUT2D eigenvalue weighted by Gasteiger charge is -2.28. The van der Waals surface area contributed by atoms with Crippen molar-refractivity contribution in [1.29, 1.82) is 0 Å². The molecule has 4 atom stereocenters. The molecule has 0 aliphatic carbocycles. The third-order valence-electron chi connectivity index (χ3n) is 9.87. The van der Waals surface area contributed by atoms with E-state index in [4.69, 9.17) is 15.2 Å². The molecule has 3 aliphatic rings. The highest BCUT2D eigenvalue weighted by atomic mass is 16.5. The number of fused-ring (bicyclic) bond motifs is 6. The first kappa shape index (κ1) is 33.0. The fourth-order valence-corrected chi connectivity index (χ4v) is 7.21. The number of aliphatic hydroxyl groups is 2. The van der Waals surface area contributed by atoms with Crippen LogP contribution in [0.1, 0.15) is 66.8 Å². The van der Waals surface area contributed by atoms with Gasteiger partial charge in [-0.25, -0.2) is 0 Å². The predicted molar refractivity (Wildman–Crippen MR) is 191 cm³/mol. The van der Waals surface area contributed by atoms with Gasteiger partial charge in [-0.1, -0.05) is 55.2 Å². The smallest absolute Gasteiger partial charge is 0.161 e. The van der Waals surface area contributed by atoms with Crippen LogP contribution in [0.3, 0.4) is 0 Å². The Morgan fingerprint density at radius 3 is 2.69 bits per heavy atom. The Kier molecular flexibility index (Phi) is 9.79. The van der Waals surface area contributed by atoms with Crippen molar-refractivity contribution in [3.8, 4) is 23.3 Å². The van der Waals surface area contributed by atoms with Gasteiger partial charge in [0.1, 0.15) is 12.4 Å². The minimum atomic E-state index is -0.610. The van der Waals surface area contributed by atoms with Crippen LogP contribution in [0.5, 0.6) is 11.5 Å². The molecule has 0 saturated heterocycles. The van der Waals surface area contributed by atoms with E-state index in [9.17, 15) is 15.3 Å². The summed E-state index contributed by atoms with van der Waals surface area (Å²) in [5.74, 6) is 8.24. The number of nitrogens with zero attached hydrogens (tertiary/aromatic N) is 1. The average Bonchev–Trinajstić information content (AvgIpc) is 3.51. The van der Waals surface area contributed by atoms with Gasteiger partial charge in [-0.05, 0) is 97.0 Å². The molecule has 1 unspecified atom stereocenters. The number of nitrogens with one attached hydrogen (secondary N) is 1. The van der Waals surface area contributed by atoms with Crippen molar-refractivity contribution in [2.45, 2.75) is 83.5 Å². The normalized spacial score (nSPS) is 23.0. The van der Waals surface area contributed by atoms with Gasteiger partial charge >= 0.3 is 0 Å². The monoisotopic (exact) mass is 659 g/mol. The van der Waals surface area contributed by atoms with E-state index in [-0.39, 0.29) is 31.0 Å². The first-order valence-corrected chi connectivity index (χ1v) is 17.4. The minimum absolute atomic E-state index is 0.0270. The Hall–Kier alpha value is -4.52. The van der Waals surface area contributed by atoms with E-state index >= 15 is 0 Å². The molecule has 1 aromatic heterocycles. The number of aromatic hydroxyl groups is 1. The quantitative estimate of drug-likeness (QED) is 0.174. The molecule has 4 heterocycles. The number of benzene rings is 3. The van der Waals surface area contributed by atoms with Crippen LogP contribution >= 0.6 is 0 Å². The summed E-state index contributed by atoms with van der Waals surface area (Å²) in [5, 5.41) is 37.8. The van der Waals surface area contributed by atoms with Gasteiger partial charge in [0.15, 0.2) is 11.5 Å². The number of nitrogens with two attached hydrogens (primary N) is 1. The largest absolute Gasteiger partial charge is 0.504 e. The minimum Gasteiger partial charge on any atom is -0.504 e. The summed E-state index contributed by atoms with van der Waals surface area (Å²) in [5.41, 5.74) is 13.1. The van der Waals surface area contributed by atoms with E-state index in [0.717, 1.165) is 70.1 Å². The van der Waals surface area contributed by atoms with Crippen LogP contribution in [0.25, 0.3) is 16.6 Å². The van der Waals surface area contributed by atoms with Gasteiger partial charge in [-0.3, -0.25) is 0 Å². The van der Waals surface area contributed by atoms with Crippen LogP contribution < -0.4 is 15.8 Å². The molecule has 3 aromatic carbocycles. The summed E-state index contributed by atoms with van der Waals surface area (Å²) < 4.78 is 15.1. The molecule has 0 spiro atoms. The molecule has 0 amide bonds. The predicted octanol–water partition coefficient (Wildman–Crippen LogP) is 5.90. The topological polar surface area (TPSA) is 122 Å². The van der Waals surface area contributed by atoms with Crippen molar-refractivity contribution < 1.29 is 24.8 Å². The molecular weight excluding hydrogens is 614 g/mol. The molecule has 0 saturated carbocycles. The second kappa shape index (κ2) is 14.5. The van der Waals surface area contributed by atoms with Crippen LogP contribution in [0.2, 0.25) is 0 Å². The molecule has 254 valence electrons. The molecular formula is C41H45N3O5. The van der Waals surface area contributed by atoms with Gasteiger partial charge in [-0.2, -0.15) is 0 Å². The summed E-state index contributed by atoms with van der Waals surface area (Å²) in [4.78, 5) is 0. The third kappa shape index (κ3) is 7.56. The Labute approximate surface area is 287 Å². The van der Waals surface area contributed by atoms with E-state index in [1.165, 1.54) is 5.56 Å². The Balaban J connectivity index is 1.38. The molecule has 8 nitrogen and oxygen atoms in total. The molecule has 0 radical (unpaired) electrons. The van der Waals surface area contributed by atoms with E-state index in [2.05, 4.69) is 77.4 Å². The lowest BCUT2D eigenvalue weighted by Crippen LogP contribution is -2.40. The Bertz CT molecular complexity index is 1950. The maximum absolute atomic E-state index is 11.2. The first-order chi connectivity index (χ1) is 23.8. The summed E-state index contributed by atoms with van der Waals surface area (Å²) >= 11 is 0. The van der Waals surface area contributed by atoms with Crippen molar-refractivity contribution in [2.24, 2.45) is 11.7 Å². The van der Waals surface area contributed by atoms with Crippen molar-refractivity contribution in [3.63, 3.8) is 0 Å². The second-order valence-electron chi connectivity index (χ2n) is 13.7. The van der Waals surface area contributed by atoms with Gasteiger partial charge in [0.05, 0.1) is 31.6 Å². The number of ether oxygens (including phenoxy) is 2. The van der Waals surface area contributed by atoms with Crippen molar-refractivity contribution in [1.82, 2.24) is 9.88 Å². The second-order valence-corrected chi connectivity index (χ2v) is 13.7. The number of aromatic nitrogens is 1. The average molecular weight is 660 g/mol. The molecule has 7 rings (SSSR count). The Morgan fingerprint density at radius 2 is 1.86 bits per heavy atom. The Morgan fingerprint density at radius 1 is 1.00 bits per heavy atom. The fourth-order valence-electron chi connectivity index (χ4n) is 7.21. The summed E-state index contributed by atoms with van der Waals surface area (Å²) in [6, 6.07) is 18.1. The molecule has 49 heavy (non-hydrogen) atoms. The highest BCUT2D eigenvalue weighted by Crippen LogP contribution is 2.34. The van der Waals surface area contributed by atoms with Crippen LogP contribution in [0, 0.1) is 17.8 Å². The summed E-state index contributed by atoms with van der Waals surface area (Å²) in [7, 11) is 0. The highest BCUT2D eigenvalue weighted by molar-refractivity contribution is 5.88. The number of hydrogen-bond acceptors (Lipinski definition) is 7. The van der Waals surface area contributed by atoms with Gasteiger partial charge < -0.3 is 40.4 Å². The molecule has 0 fully saturated rings. The number of phenols is 1. The summed E-state index contributed by atoms with van der Waals surface area (Å²) in [6.45, 7) is 2.48. The van der Waals surface area contributed by atoms with Gasteiger partial charge in [-0.15, -0.1) is 0 Å². The molecule has 4 aromatic rings. The number of hydrogen-bond donors (Lipinski definition) is 5. The van der Waals surface area contributed by atoms with E-state index in [0.29, 0.717) is 37.2 Å². The lowest BCUT2D eigenvalue weighted by atomic mass is 9.96. The van der Waals surface area contributed by atoms with Crippen LogP contribution in [-0.4, -0.2) is 44.9 Å². The third-order valence-corrected chi connectivity index (χ3v) is 9.87. The lowest BCUT2D eigenvalue weighted by molar-refractivity contribution is 0.0167. The van der Waals surface area contributed by atoms with Crippen LogP contribution in [0.4, 0.5) is 0 Å². The standard InChI is InChI=1S/C41H45N3O5/c1-26-6-5-9-35-20-34(46)13-12-29-18-39(38(47)17-32(29)23-45)49-24-33-16-28(14-27-7-3-2-4-8-27)15-31-21-44(22-36(31)33)41-37(25-48-35)30(11-10-26)19-40(42)43-41/h2-4,7-8,15-19,21-22,26,34-35,40,43,45-47H,5-6,9,12-14,20,23-25,42H2,1H3/t26-,34-,35+,40?/m1/s1. The van der Waals surface area contributed by atoms with Crippen molar-refractivity contribution in [3.05, 3.63) is 112 Å². The van der Waals surface area contributed by atoms with Gasteiger partial charge in [0.2, 0.25) is 0 Å². The molecule has 6 bridgehead atoms. The molecule has 6 N–H and O–H groups in total. The number of aliphatic hydroxyl groups excluding tert-OH is 2. The highest BCUT2D eigenvalue weighted by Gasteiger charge is 2.25. The van der Waals surface area contributed by atoms with E-state index in [1.54, 1.807) is 12.1 Å². The van der Waals surface area contributed by atoms with Gasteiger partial charge in [0.25, 0.3) is 0 Å². The van der Waals surface area contributed by atoms with Crippen molar-refractivity contribution >= 4 is 16.6 Å². The zero-order valence-electron chi connectivity index (χ0n) is 28.0. The maximum atomic E-state index is 11.2. The van der Waals surface area contributed by atoms with Crippen molar-refractivity contribution in [2.75, 3.05) is 6.61 Å². The number of phenolic OH excluding ortho intramolecular Hbond substituents is 1. The SMILES string of the molecule is C[C@H]1C#CC2=CC(N)NC3=C2CO[C@@H](CCC1)C[C@H](O)CCc1cc(c(O)cc1CO)OCc1cc(Cc2ccccc2)cc2cn3cc12. The van der Waals surface area contributed by atoms with E-state index < -0.39 is 12.3 Å². The number of rotatable bonds is 3. The van der Waals surface area contributed by atoms with E-state index in [1.807, 2.05) is 12.1 Å².